The highest BCUT2D eigenvalue weighted by molar-refractivity contribution is 9.10. The van der Waals surface area contributed by atoms with E-state index in [0.717, 1.165) is 9.50 Å². The Hall–Kier alpha value is -1.40. The van der Waals surface area contributed by atoms with E-state index >= 15 is 0 Å². The summed E-state index contributed by atoms with van der Waals surface area (Å²) >= 11 is 4.61. The molecule has 0 radical (unpaired) electrons. The predicted octanol–water partition coefficient (Wildman–Crippen LogP) is 3.71. The van der Waals surface area contributed by atoms with Gasteiger partial charge in [0.15, 0.2) is 0 Å². The number of anilines is 1. The van der Waals surface area contributed by atoms with E-state index in [1.165, 1.54) is 23.9 Å². The fourth-order valence-corrected chi connectivity index (χ4v) is 2.23. The fourth-order valence-electron chi connectivity index (χ4n) is 1.35. The molecule has 0 aliphatic rings. The zero-order valence-corrected chi connectivity index (χ0v) is 12.2. The molecule has 1 amide bonds. The molecule has 1 aromatic heterocycles. The van der Waals surface area contributed by atoms with E-state index in [1.54, 1.807) is 18.3 Å². The highest BCUT2D eigenvalue weighted by Crippen LogP contribution is 2.18. The van der Waals surface area contributed by atoms with E-state index < -0.39 is 0 Å². The van der Waals surface area contributed by atoms with E-state index in [4.69, 9.17) is 0 Å². The van der Waals surface area contributed by atoms with Crippen molar-refractivity contribution in [3.63, 3.8) is 0 Å². The van der Waals surface area contributed by atoms with E-state index in [9.17, 15) is 9.18 Å². The number of halogens is 2. The van der Waals surface area contributed by atoms with Crippen LogP contribution < -0.4 is 5.32 Å². The van der Waals surface area contributed by atoms with E-state index in [1.807, 2.05) is 12.1 Å². The largest absolute Gasteiger partial charge is 0.325 e. The van der Waals surface area contributed by atoms with Crippen molar-refractivity contribution in [3.05, 3.63) is 52.9 Å². The van der Waals surface area contributed by atoms with Crippen molar-refractivity contribution < 1.29 is 9.18 Å². The monoisotopic (exact) mass is 340 g/mol. The van der Waals surface area contributed by atoms with E-state index in [2.05, 4.69) is 26.2 Å². The number of pyridine rings is 1. The van der Waals surface area contributed by atoms with Crippen molar-refractivity contribution in [2.24, 2.45) is 0 Å². The number of benzene rings is 1. The maximum atomic E-state index is 12.9. The fraction of sp³-hybridized carbons (Fsp3) is 0.0769. The summed E-state index contributed by atoms with van der Waals surface area (Å²) in [5.41, 5.74) is 0.453. The molecule has 0 saturated heterocycles. The van der Waals surface area contributed by atoms with Gasteiger partial charge in [0.25, 0.3) is 0 Å². The van der Waals surface area contributed by atoms with E-state index in [-0.39, 0.29) is 17.5 Å². The van der Waals surface area contributed by atoms with Crippen LogP contribution in [-0.4, -0.2) is 16.6 Å². The molecular formula is C13H10BrFN2OS. The molecule has 3 nitrogen and oxygen atoms in total. The minimum Gasteiger partial charge on any atom is -0.325 e. The molecular weight excluding hydrogens is 331 g/mol. The first kappa shape index (κ1) is 14.0. The maximum Gasteiger partial charge on any atom is 0.234 e. The molecule has 2 aromatic rings. The second-order valence-electron chi connectivity index (χ2n) is 3.66. The third-order valence-corrected chi connectivity index (χ3v) is 3.57. The Kier molecular flexibility index (Phi) is 4.93. The second-order valence-corrected chi connectivity index (χ2v) is 5.57. The van der Waals surface area contributed by atoms with Crippen LogP contribution in [0.1, 0.15) is 0 Å². The molecule has 0 aliphatic carbocycles. The zero-order valence-electron chi connectivity index (χ0n) is 9.77. The molecule has 1 aromatic carbocycles. The van der Waals surface area contributed by atoms with Crippen LogP contribution in [0.2, 0.25) is 0 Å². The van der Waals surface area contributed by atoms with Crippen molar-refractivity contribution in [2.45, 2.75) is 5.03 Å². The number of nitrogens with zero attached hydrogens (tertiary/aromatic N) is 1. The minimum absolute atomic E-state index is 0.194. The summed E-state index contributed by atoms with van der Waals surface area (Å²) in [6.07, 6.45) is 1.67. The summed E-state index contributed by atoms with van der Waals surface area (Å²) in [7, 11) is 0. The third-order valence-electron chi connectivity index (χ3n) is 2.16. The lowest BCUT2D eigenvalue weighted by Crippen LogP contribution is -2.14. The van der Waals surface area contributed by atoms with Crippen LogP contribution in [0, 0.1) is 5.82 Å². The SMILES string of the molecule is O=C(CSc1ccc(Br)cn1)Nc1cccc(F)c1. The number of rotatable bonds is 4. The van der Waals surface area contributed by atoms with Crippen molar-refractivity contribution in [1.29, 1.82) is 0 Å². The summed E-state index contributed by atoms with van der Waals surface area (Å²) in [6, 6.07) is 9.48. The molecule has 6 heteroatoms. The van der Waals surface area contributed by atoms with Gasteiger partial charge in [0.1, 0.15) is 5.82 Å². The average molecular weight is 341 g/mol. The van der Waals surface area contributed by atoms with Gasteiger partial charge in [0, 0.05) is 16.4 Å². The molecule has 19 heavy (non-hydrogen) atoms. The Morgan fingerprint density at radius 1 is 1.37 bits per heavy atom. The molecule has 0 bridgehead atoms. The van der Waals surface area contributed by atoms with Crippen molar-refractivity contribution in [1.82, 2.24) is 4.98 Å². The van der Waals surface area contributed by atoms with Gasteiger partial charge >= 0.3 is 0 Å². The number of hydrogen-bond donors (Lipinski definition) is 1. The van der Waals surface area contributed by atoms with Crippen LogP contribution in [0.4, 0.5) is 10.1 Å². The quantitative estimate of drug-likeness (QED) is 0.862. The summed E-state index contributed by atoms with van der Waals surface area (Å²) < 4.78 is 13.8. The first-order chi connectivity index (χ1) is 9.13. The van der Waals surface area contributed by atoms with Gasteiger partial charge in [-0.25, -0.2) is 9.37 Å². The third kappa shape index (κ3) is 4.65. The van der Waals surface area contributed by atoms with Crippen LogP contribution in [0.25, 0.3) is 0 Å². The summed E-state index contributed by atoms with van der Waals surface area (Å²) in [5.74, 6) is -0.342. The topological polar surface area (TPSA) is 42.0 Å². The summed E-state index contributed by atoms with van der Waals surface area (Å²) in [5, 5.41) is 3.39. The minimum atomic E-state index is -0.375. The lowest BCUT2D eigenvalue weighted by atomic mass is 10.3. The molecule has 0 spiro atoms. The molecule has 0 aliphatic heterocycles. The molecule has 0 saturated carbocycles. The van der Waals surface area contributed by atoms with Crippen molar-refractivity contribution in [2.75, 3.05) is 11.1 Å². The van der Waals surface area contributed by atoms with Crippen LogP contribution in [0.15, 0.2) is 52.1 Å². The van der Waals surface area contributed by atoms with Crippen LogP contribution in [0.5, 0.6) is 0 Å². The lowest BCUT2D eigenvalue weighted by Gasteiger charge is -2.04. The van der Waals surface area contributed by atoms with Gasteiger partial charge in [0.2, 0.25) is 5.91 Å². The number of thioether (sulfide) groups is 1. The first-order valence-electron chi connectivity index (χ1n) is 5.43. The summed E-state index contributed by atoms with van der Waals surface area (Å²) in [4.78, 5) is 15.8. The maximum absolute atomic E-state index is 12.9. The Balaban J connectivity index is 1.86. The lowest BCUT2D eigenvalue weighted by molar-refractivity contribution is -0.113. The number of carbonyl (C=O) groups is 1. The molecule has 1 N–H and O–H groups in total. The van der Waals surface area contributed by atoms with Gasteiger partial charge in [-0.3, -0.25) is 4.79 Å². The van der Waals surface area contributed by atoms with Gasteiger partial charge in [0.05, 0.1) is 10.8 Å². The standard InChI is InChI=1S/C13H10BrFN2OS/c14-9-4-5-13(16-7-9)19-8-12(18)17-11-3-1-2-10(15)6-11/h1-7H,8H2,(H,17,18). The zero-order chi connectivity index (χ0) is 13.7. The van der Waals surface area contributed by atoms with Gasteiger partial charge in [-0.1, -0.05) is 17.8 Å². The molecule has 0 unspecified atom stereocenters. The summed E-state index contributed by atoms with van der Waals surface area (Å²) in [6.45, 7) is 0. The Bertz CT molecular complexity index is 577. The average Bonchev–Trinajstić information content (AvgIpc) is 2.38. The molecule has 0 fully saturated rings. The molecule has 2 rings (SSSR count). The molecule has 98 valence electrons. The Morgan fingerprint density at radius 3 is 2.89 bits per heavy atom. The Morgan fingerprint density at radius 2 is 2.21 bits per heavy atom. The number of carbonyl (C=O) groups excluding carboxylic acids is 1. The number of aromatic nitrogens is 1. The number of hydrogen-bond acceptors (Lipinski definition) is 3. The highest BCUT2D eigenvalue weighted by Gasteiger charge is 2.05. The van der Waals surface area contributed by atoms with Crippen LogP contribution in [0.3, 0.4) is 0 Å². The van der Waals surface area contributed by atoms with Crippen molar-refractivity contribution in [3.8, 4) is 0 Å². The van der Waals surface area contributed by atoms with Gasteiger partial charge < -0.3 is 5.32 Å². The van der Waals surface area contributed by atoms with Crippen LogP contribution >= 0.6 is 27.7 Å². The normalized spacial score (nSPS) is 10.2. The van der Waals surface area contributed by atoms with E-state index in [0.29, 0.717) is 5.69 Å². The Labute approximate surface area is 122 Å². The molecule has 0 atom stereocenters. The number of nitrogens with one attached hydrogen (secondary N) is 1. The smallest absolute Gasteiger partial charge is 0.234 e. The molecule has 1 heterocycles. The van der Waals surface area contributed by atoms with Gasteiger partial charge in [-0.15, -0.1) is 0 Å². The second kappa shape index (κ2) is 6.68. The first-order valence-corrected chi connectivity index (χ1v) is 7.21. The van der Waals surface area contributed by atoms with Gasteiger partial charge in [-0.05, 0) is 46.3 Å². The van der Waals surface area contributed by atoms with Gasteiger partial charge in [-0.2, -0.15) is 0 Å². The predicted molar refractivity (Wildman–Crippen MR) is 77.7 cm³/mol. The van der Waals surface area contributed by atoms with Crippen LogP contribution in [-0.2, 0) is 4.79 Å². The highest BCUT2D eigenvalue weighted by atomic mass is 79.9. The van der Waals surface area contributed by atoms with Crippen molar-refractivity contribution >= 4 is 39.3 Å². The number of amides is 1.